The van der Waals surface area contributed by atoms with Crippen LogP contribution in [0, 0.1) is 11.6 Å². The molecule has 1 heterocycles. The molecule has 1 N–H and O–H groups in total. The first-order chi connectivity index (χ1) is 11.6. The van der Waals surface area contributed by atoms with E-state index in [0.717, 1.165) is 12.3 Å². The summed E-state index contributed by atoms with van der Waals surface area (Å²) in [6, 6.07) is 1.32. The first-order valence-corrected chi connectivity index (χ1v) is 9.37. The normalized spacial score (nSPS) is 17.5. The van der Waals surface area contributed by atoms with Gasteiger partial charge in [0.2, 0.25) is 0 Å². The molecule has 1 atom stereocenters. The van der Waals surface area contributed by atoms with E-state index in [9.17, 15) is 25.6 Å². The fourth-order valence-electron chi connectivity index (χ4n) is 2.66. The van der Waals surface area contributed by atoms with Crippen LogP contribution in [-0.4, -0.2) is 30.9 Å². The number of halogens is 2. The second-order valence-corrected chi connectivity index (χ2v) is 7.55. The van der Waals surface area contributed by atoms with Crippen molar-refractivity contribution in [2.45, 2.75) is 18.9 Å². The van der Waals surface area contributed by atoms with Gasteiger partial charge in [0, 0.05) is 18.4 Å². The lowest BCUT2D eigenvalue weighted by atomic mass is 10.1. The molecule has 3 rings (SSSR count). The molecule has 1 unspecified atom stereocenters. The van der Waals surface area contributed by atoms with Crippen molar-refractivity contribution in [2.75, 3.05) is 0 Å². The van der Waals surface area contributed by atoms with Gasteiger partial charge in [0.05, 0.1) is 0 Å². The van der Waals surface area contributed by atoms with Gasteiger partial charge in [-0.15, -0.1) is 0 Å². The van der Waals surface area contributed by atoms with Crippen LogP contribution in [-0.2, 0) is 37.3 Å². The number of benzene rings is 1. The molecule has 1 aliphatic rings. The van der Waals surface area contributed by atoms with Crippen molar-refractivity contribution in [3.63, 3.8) is 0 Å². The number of hydrogen-bond donors (Lipinski definition) is 1. The van der Waals surface area contributed by atoms with E-state index in [0.29, 0.717) is 5.56 Å². The third kappa shape index (κ3) is 3.78. The van der Waals surface area contributed by atoms with Crippen LogP contribution < -0.4 is 4.18 Å². The van der Waals surface area contributed by atoms with Crippen molar-refractivity contribution in [3.8, 4) is 6.01 Å². The molecule has 0 aliphatic heterocycles. The Labute approximate surface area is 141 Å². The molecular formula is C12H10F2N2O7S2. The van der Waals surface area contributed by atoms with Crippen molar-refractivity contribution in [3.05, 3.63) is 47.3 Å². The number of nitrogens with zero attached hydrogens (tertiary/aromatic N) is 2. The quantitative estimate of drug-likeness (QED) is 0.741. The van der Waals surface area contributed by atoms with Crippen molar-refractivity contribution in [1.82, 2.24) is 9.55 Å². The summed E-state index contributed by atoms with van der Waals surface area (Å²) in [5.41, 5.74) is 0.697. The van der Waals surface area contributed by atoms with Gasteiger partial charge in [-0.3, -0.25) is 9.12 Å². The topological polar surface area (TPSA) is 125 Å². The third-order valence-corrected chi connectivity index (χ3v) is 5.27. The molecule has 0 saturated carbocycles. The standard InChI is InChI=1S/C12H10F2N2O7S2/c13-10-2-1-7-5-8(6-9(7)11(10)14)16-4-3-15-12(16)22-25(20,21)23-24(17,18)19/h1-4,8H,5-6H2,(H,17,18,19). The molecule has 1 aliphatic carbocycles. The second kappa shape index (κ2) is 6.01. The molecule has 0 bridgehead atoms. The summed E-state index contributed by atoms with van der Waals surface area (Å²) in [4.78, 5) is 3.62. The summed E-state index contributed by atoms with van der Waals surface area (Å²) in [5, 5.41) is 0. The molecule has 2 aromatic rings. The Hall–Kier alpha value is -2.09. The summed E-state index contributed by atoms with van der Waals surface area (Å²) < 4.78 is 88.5. The average molecular weight is 396 g/mol. The van der Waals surface area contributed by atoms with Gasteiger partial charge in [-0.1, -0.05) is 9.70 Å². The Morgan fingerprint density at radius 1 is 1.20 bits per heavy atom. The van der Waals surface area contributed by atoms with Crippen molar-refractivity contribution >= 4 is 20.8 Å². The summed E-state index contributed by atoms with van der Waals surface area (Å²) in [6.07, 6.45) is 2.78. The lowest BCUT2D eigenvalue weighted by molar-refractivity contribution is 0.331. The molecule has 0 fully saturated rings. The number of fused-ring (bicyclic) bond motifs is 1. The van der Waals surface area contributed by atoms with E-state index in [1.165, 1.54) is 16.8 Å². The molecule has 136 valence electrons. The summed E-state index contributed by atoms with van der Waals surface area (Å²) in [6.45, 7) is 0. The van der Waals surface area contributed by atoms with E-state index in [2.05, 4.69) is 12.8 Å². The maximum atomic E-state index is 13.8. The van der Waals surface area contributed by atoms with Crippen LogP contribution in [0.25, 0.3) is 0 Å². The summed E-state index contributed by atoms with van der Waals surface area (Å²) in [5.74, 6) is -1.98. The molecule has 0 amide bonds. The molecule has 0 saturated heterocycles. The van der Waals surface area contributed by atoms with Gasteiger partial charge in [-0.05, 0) is 30.0 Å². The van der Waals surface area contributed by atoms with Crippen LogP contribution in [0.2, 0.25) is 0 Å². The SMILES string of the molecule is O=S(=O)(O)OS(=O)(=O)Oc1nccn1C1Cc2ccc(F)c(F)c2C1. The summed E-state index contributed by atoms with van der Waals surface area (Å²) in [7, 11) is -10.5. The van der Waals surface area contributed by atoms with E-state index in [1.54, 1.807) is 0 Å². The highest BCUT2D eigenvalue weighted by atomic mass is 32.3. The Kier molecular flexibility index (Phi) is 4.26. The average Bonchev–Trinajstić information content (AvgIpc) is 3.06. The van der Waals surface area contributed by atoms with Crippen LogP contribution >= 0.6 is 0 Å². The van der Waals surface area contributed by atoms with Crippen molar-refractivity contribution in [2.24, 2.45) is 0 Å². The molecule has 0 spiro atoms. The van der Waals surface area contributed by atoms with E-state index < -0.39 is 44.5 Å². The van der Waals surface area contributed by atoms with Gasteiger partial charge in [0.15, 0.2) is 11.6 Å². The van der Waals surface area contributed by atoms with Crippen molar-refractivity contribution in [1.29, 1.82) is 0 Å². The maximum Gasteiger partial charge on any atom is 0.468 e. The van der Waals surface area contributed by atoms with Crippen molar-refractivity contribution < 1.29 is 38.0 Å². The molecule has 13 heteroatoms. The van der Waals surface area contributed by atoms with Gasteiger partial charge < -0.3 is 4.18 Å². The zero-order valence-corrected chi connectivity index (χ0v) is 13.8. The highest BCUT2D eigenvalue weighted by molar-refractivity contribution is 7.95. The van der Waals surface area contributed by atoms with Gasteiger partial charge in [-0.2, -0.15) is 16.8 Å². The van der Waals surface area contributed by atoms with E-state index in [-0.39, 0.29) is 18.4 Å². The highest BCUT2D eigenvalue weighted by Crippen LogP contribution is 2.35. The van der Waals surface area contributed by atoms with Crippen LogP contribution in [0.15, 0.2) is 24.5 Å². The number of imidazole rings is 1. The first kappa shape index (κ1) is 17.7. The fourth-order valence-corrected chi connectivity index (χ4v) is 3.92. The lowest BCUT2D eigenvalue weighted by Gasteiger charge is -2.14. The minimum absolute atomic E-state index is 0.0465. The Bertz CT molecular complexity index is 1030. The van der Waals surface area contributed by atoms with Crippen LogP contribution in [0.4, 0.5) is 8.78 Å². The zero-order chi connectivity index (χ0) is 18.4. The van der Waals surface area contributed by atoms with Crippen LogP contribution in [0.3, 0.4) is 0 Å². The molecule has 25 heavy (non-hydrogen) atoms. The van der Waals surface area contributed by atoms with E-state index >= 15 is 0 Å². The summed E-state index contributed by atoms with van der Waals surface area (Å²) >= 11 is 0. The zero-order valence-electron chi connectivity index (χ0n) is 12.2. The van der Waals surface area contributed by atoms with Gasteiger partial charge in [-0.25, -0.2) is 13.8 Å². The van der Waals surface area contributed by atoms with Gasteiger partial charge in [0.25, 0.3) is 0 Å². The maximum absolute atomic E-state index is 13.8. The number of hydrogen-bond acceptors (Lipinski definition) is 7. The molecule has 0 radical (unpaired) electrons. The molecule has 9 nitrogen and oxygen atoms in total. The molecule has 1 aromatic carbocycles. The van der Waals surface area contributed by atoms with Gasteiger partial charge >= 0.3 is 26.8 Å². The Morgan fingerprint density at radius 2 is 1.92 bits per heavy atom. The molecular weight excluding hydrogens is 386 g/mol. The predicted molar refractivity (Wildman–Crippen MR) is 77.2 cm³/mol. The Morgan fingerprint density at radius 3 is 2.60 bits per heavy atom. The lowest BCUT2D eigenvalue weighted by Crippen LogP contribution is -2.20. The van der Waals surface area contributed by atoms with Gasteiger partial charge in [0.1, 0.15) is 0 Å². The Balaban J connectivity index is 1.85. The predicted octanol–water partition coefficient (Wildman–Crippen LogP) is 0.944. The molecule has 1 aromatic heterocycles. The minimum atomic E-state index is -5.31. The fraction of sp³-hybridized carbons (Fsp3) is 0.250. The minimum Gasteiger partial charge on any atom is -0.323 e. The number of rotatable bonds is 5. The monoisotopic (exact) mass is 396 g/mol. The van der Waals surface area contributed by atoms with Crippen LogP contribution in [0.1, 0.15) is 17.2 Å². The highest BCUT2D eigenvalue weighted by Gasteiger charge is 2.31. The number of aromatic nitrogens is 2. The smallest absolute Gasteiger partial charge is 0.323 e. The van der Waals surface area contributed by atoms with Crippen LogP contribution in [0.5, 0.6) is 6.01 Å². The van der Waals surface area contributed by atoms with E-state index in [1.807, 2.05) is 0 Å². The third-order valence-electron chi connectivity index (χ3n) is 3.56. The second-order valence-electron chi connectivity index (χ2n) is 5.17. The van der Waals surface area contributed by atoms with E-state index in [4.69, 9.17) is 4.55 Å². The first-order valence-electron chi connectivity index (χ1n) is 6.67. The largest absolute Gasteiger partial charge is 0.468 e.